The number of hydrogen-bond donors (Lipinski definition) is 1. The topological polar surface area (TPSA) is 59.3 Å². The second kappa shape index (κ2) is 5.97. The van der Waals surface area contributed by atoms with Gasteiger partial charge in [0.15, 0.2) is 5.65 Å². The average Bonchev–Trinajstić information content (AvgIpc) is 2.97. The van der Waals surface area contributed by atoms with Crippen LogP contribution in [0.4, 0.5) is 0 Å². The fourth-order valence-corrected chi connectivity index (χ4v) is 2.27. The summed E-state index contributed by atoms with van der Waals surface area (Å²) in [7, 11) is 0. The third kappa shape index (κ3) is 2.70. The van der Waals surface area contributed by atoms with Crippen molar-refractivity contribution in [3.05, 3.63) is 54.4 Å². The Morgan fingerprint density at radius 1 is 1.23 bits per heavy atom. The number of amides is 1. The Labute approximate surface area is 129 Å². The zero-order chi connectivity index (χ0) is 15.5. The minimum atomic E-state index is -0.138. The number of fused-ring (bicyclic) bond motifs is 1. The SMILES string of the molecule is CC(C)CNC(=O)c1cnn2c(-c3ccccc3)ccnc12. The number of aromatic nitrogens is 3. The van der Waals surface area contributed by atoms with E-state index < -0.39 is 0 Å². The first-order valence-electron chi connectivity index (χ1n) is 7.33. The smallest absolute Gasteiger partial charge is 0.256 e. The summed E-state index contributed by atoms with van der Waals surface area (Å²) in [4.78, 5) is 16.6. The van der Waals surface area contributed by atoms with Gasteiger partial charge in [0.2, 0.25) is 0 Å². The highest BCUT2D eigenvalue weighted by Crippen LogP contribution is 2.20. The fraction of sp³-hybridized carbons (Fsp3) is 0.235. The molecule has 1 amide bonds. The van der Waals surface area contributed by atoms with Crippen LogP contribution in [0.5, 0.6) is 0 Å². The Kier molecular flexibility index (Phi) is 3.87. The lowest BCUT2D eigenvalue weighted by molar-refractivity contribution is 0.0950. The summed E-state index contributed by atoms with van der Waals surface area (Å²) in [6.07, 6.45) is 3.28. The van der Waals surface area contributed by atoms with Crippen molar-refractivity contribution in [1.82, 2.24) is 19.9 Å². The molecule has 5 heteroatoms. The molecule has 0 fully saturated rings. The van der Waals surface area contributed by atoms with Crippen molar-refractivity contribution in [3.63, 3.8) is 0 Å². The molecule has 22 heavy (non-hydrogen) atoms. The van der Waals surface area contributed by atoms with Crippen LogP contribution in [0.1, 0.15) is 24.2 Å². The quantitative estimate of drug-likeness (QED) is 0.805. The Hall–Kier alpha value is -2.69. The van der Waals surface area contributed by atoms with Crippen LogP contribution < -0.4 is 5.32 Å². The van der Waals surface area contributed by atoms with Crippen molar-refractivity contribution >= 4 is 11.6 Å². The molecule has 2 heterocycles. The van der Waals surface area contributed by atoms with E-state index in [0.29, 0.717) is 23.7 Å². The summed E-state index contributed by atoms with van der Waals surface area (Å²) in [6.45, 7) is 4.75. The average molecular weight is 294 g/mol. The monoisotopic (exact) mass is 294 g/mol. The van der Waals surface area contributed by atoms with E-state index in [0.717, 1.165) is 11.3 Å². The Balaban J connectivity index is 2.01. The summed E-state index contributed by atoms with van der Waals surface area (Å²) in [6, 6.07) is 11.8. The van der Waals surface area contributed by atoms with Gasteiger partial charge >= 0.3 is 0 Å². The molecule has 0 aliphatic carbocycles. The van der Waals surface area contributed by atoms with Gasteiger partial charge in [-0.05, 0) is 12.0 Å². The molecule has 0 radical (unpaired) electrons. The standard InChI is InChI=1S/C17H18N4O/c1-12(2)10-19-17(22)14-11-20-21-15(8-9-18-16(14)21)13-6-4-3-5-7-13/h3-9,11-12H,10H2,1-2H3,(H,19,22). The zero-order valence-electron chi connectivity index (χ0n) is 12.7. The van der Waals surface area contributed by atoms with Gasteiger partial charge in [0.05, 0.1) is 11.9 Å². The van der Waals surface area contributed by atoms with E-state index >= 15 is 0 Å². The van der Waals surface area contributed by atoms with Gasteiger partial charge in [0, 0.05) is 18.3 Å². The summed E-state index contributed by atoms with van der Waals surface area (Å²) in [5, 5.41) is 7.24. The molecule has 112 valence electrons. The van der Waals surface area contributed by atoms with Crippen LogP contribution in [0.2, 0.25) is 0 Å². The van der Waals surface area contributed by atoms with Crippen molar-refractivity contribution in [2.24, 2.45) is 5.92 Å². The molecule has 3 rings (SSSR count). The molecule has 1 N–H and O–H groups in total. The van der Waals surface area contributed by atoms with E-state index in [4.69, 9.17) is 0 Å². The Morgan fingerprint density at radius 3 is 2.73 bits per heavy atom. The molecule has 0 spiro atoms. The second-order valence-electron chi connectivity index (χ2n) is 5.59. The Morgan fingerprint density at radius 2 is 2.00 bits per heavy atom. The molecule has 0 aliphatic rings. The van der Waals surface area contributed by atoms with E-state index in [9.17, 15) is 4.79 Å². The van der Waals surface area contributed by atoms with Gasteiger partial charge in [0.1, 0.15) is 5.56 Å². The van der Waals surface area contributed by atoms with Crippen molar-refractivity contribution in [3.8, 4) is 11.3 Å². The highest BCUT2D eigenvalue weighted by Gasteiger charge is 2.16. The van der Waals surface area contributed by atoms with Gasteiger partial charge in [-0.1, -0.05) is 44.2 Å². The molecule has 3 aromatic rings. The summed E-state index contributed by atoms with van der Waals surface area (Å²) in [5.74, 6) is 0.264. The van der Waals surface area contributed by atoms with Crippen molar-refractivity contribution in [2.45, 2.75) is 13.8 Å². The molecule has 0 saturated heterocycles. The molecule has 0 unspecified atom stereocenters. The minimum absolute atomic E-state index is 0.138. The van der Waals surface area contributed by atoms with E-state index in [1.807, 2.05) is 36.4 Å². The molecule has 0 aliphatic heterocycles. The van der Waals surface area contributed by atoms with E-state index in [1.54, 1.807) is 16.9 Å². The van der Waals surface area contributed by atoms with E-state index in [-0.39, 0.29) is 5.91 Å². The van der Waals surface area contributed by atoms with Crippen molar-refractivity contribution in [1.29, 1.82) is 0 Å². The molecular weight excluding hydrogens is 276 g/mol. The first-order valence-corrected chi connectivity index (χ1v) is 7.33. The molecule has 5 nitrogen and oxygen atoms in total. The highest BCUT2D eigenvalue weighted by atomic mass is 16.1. The number of rotatable bonds is 4. The number of nitrogens with one attached hydrogen (secondary N) is 1. The van der Waals surface area contributed by atoms with Gasteiger partial charge in [-0.15, -0.1) is 0 Å². The van der Waals surface area contributed by atoms with Crippen molar-refractivity contribution in [2.75, 3.05) is 6.54 Å². The van der Waals surface area contributed by atoms with Crippen LogP contribution >= 0.6 is 0 Å². The van der Waals surface area contributed by atoms with E-state index in [2.05, 4.69) is 29.2 Å². The van der Waals surface area contributed by atoms with Crippen LogP contribution in [0, 0.1) is 5.92 Å². The molecule has 0 saturated carbocycles. The van der Waals surface area contributed by atoms with Gasteiger partial charge in [-0.3, -0.25) is 4.79 Å². The predicted octanol–water partition coefficient (Wildman–Crippen LogP) is 2.78. The van der Waals surface area contributed by atoms with Crippen LogP contribution in [-0.4, -0.2) is 27.0 Å². The largest absolute Gasteiger partial charge is 0.352 e. The molecule has 1 aromatic carbocycles. The van der Waals surface area contributed by atoms with Gasteiger partial charge < -0.3 is 5.32 Å². The number of carbonyl (C=O) groups excluding carboxylic acids is 1. The summed E-state index contributed by atoms with van der Waals surface area (Å²) >= 11 is 0. The second-order valence-corrected chi connectivity index (χ2v) is 5.59. The maximum Gasteiger partial charge on any atom is 0.256 e. The maximum atomic E-state index is 12.3. The molecule has 2 aromatic heterocycles. The van der Waals surface area contributed by atoms with Crippen LogP contribution in [-0.2, 0) is 0 Å². The highest BCUT2D eigenvalue weighted by molar-refractivity contribution is 5.99. The number of carbonyl (C=O) groups is 1. The number of hydrogen-bond acceptors (Lipinski definition) is 3. The van der Waals surface area contributed by atoms with Gasteiger partial charge in [-0.2, -0.15) is 5.10 Å². The third-order valence-electron chi connectivity index (χ3n) is 3.39. The van der Waals surface area contributed by atoms with Crippen molar-refractivity contribution < 1.29 is 4.79 Å². The molecular formula is C17H18N4O. The predicted molar refractivity (Wildman–Crippen MR) is 85.6 cm³/mol. The van der Waals surface area contributed by atoms with Crippen LogP contribution in [0.15, 0.2) is 48.8 Å². The zero-order valence-corrected chi connectivity index (χ0v) is 12.7. The number of nitrogens with zero attached hydrogens (tertiary/aromatic N) is 3. The van der Waals surface area contributed by atoms with Crippen LogP contribution in [0.25, 0.3) is 16.9 Å². The van der Waals surface area contributed by atoms with Crippen LogP contribution in [0.3, 0.4) is 0 Å². The first kappa shape index (κ1) is 14.3. The Bertz CT molecular complexity index is 793. The summed E-state index contributed by atoms with van der Waals surface area (Å²) in [5.41, 5.74) is 3.02. The molecule has 0 atom stereocenters. The van der Waals surface area contributed by atoms with Gasteiger partial charge in [-0.25, -0.2) is 9.50 Å². The summed E-state index contributed by atoms with van der Waals surface area (Å²) < 4.78 is 1.71. The fourth-order valence-electron chi connectivity index (χ4n) is 2.27. The minimum Gasteiger partial charge on any atom is -0.352 e. The van der Waals surface area contributed by atoms with Gasteiger partial charge in [0.25, 0.3) is 5.91 Å². The lowest BCUT2D eigenvalue weighted by Gasteiger charge is -2.07. The first-order chi connectivity index (χ1) is 10.7. The van der Waals surface area contributed by atoms with E-state index in [1.165, 1.54) is 0 Å². The lowest BCUT2D eigenvalue weighted by atomic mass is 10.1. The molecule has 0 bridgehead atoms. The lowest BCUT2D eigenvalue weighted by Crippen LogP contribution is -2.27. The third-order valence-corrected chi connectivity index (χ3v) is 3.39. The maximum absolute atomic E-state index is 12.3. The normalized spacial score (nSPS) is 11.0. The number of benzene rings is 1.